The molecule has 4 aromatic rings. The molecule has 0 spiro atoms. The summed E-state index contributed by atoms with van der Waals surface area (Å²) in [5.41, 5.74) is 5.30. The number of hydrogen-bond acceptors (Lipinski definition) is 0. The van der Waals surface area contributed by atoms with Gasteiger partial charge in [0.05, 0.1) is 0 Å². The molecular weight excluding hydrogens is 494 g/mol. The minimum absolute atomic E-state index is 0.229. The second kappa shape index (κ2) is 10.1. The van der Waals surface area contributed by atoms with Gasteiger partial charge in [0.1, 0.15) is 0 Å². The summed E-state index contributed by atoms with van der Waals surface area (Å²) in [6.45, 7) is 4.31. The molecule has 0 unspecified atom stereocenters. The van der Waals surface area contributed by atoms with Crippen LogP contribution in [0.1, 0.15) is 22.3 Å². The molecule has 0 radical (unpaired) electrons. The summed E-state index contributed by atoms with van der Waals surface area (Å²) in [6, 6.07) is 40.0. The van der Waals surface area contributed by atoms with Gasteiger partial charge < -0.3 is 0 Å². The molecule has 0 amide bonds. The molecule has 0 saturated carbocycles. The molecule has 0 aromatic heterocycles. The first-order valence-electron chi connectivity index (χ1n) is 10.0. The van der Waals surface area contributed by atoms with Gasteiger partial charge in [-0.15, -0.1) is 0 Å². The zero-order valence-corrected chi connectivity index (χ0v) is 20.6. The number of benzene rings is 4. The van der Waals surface area contributed by atoms with E-state index in [2.05, 4.69) is 123 Å². The van der Waals surface area contributed by atoms with E-state index in [9.17, 15) is 0 Å². The van der Waals surface area contributed by atoms with E-state index in [-0.39, 0.29) is 29.9 Å². The van der Waals surface area contributed by atoms with Crippen LogP contribution in [-0.4, -0.2) is 29.9 Å². The quantitative estimate of drug-likeness (QED) is 0.244. The predicted octanol–water partition coefficient (Wildman–Crippen LogP) is 5.19. The Morgan fingerprint density at radius 2 is 0.767 bits per heavy atom. The Bertz CT molecular complexity index is 1020. The van der Waals surface area contributed by atoms with Gasteiger partial charge in [0.2, 0.25) is 0 Å². The molecule has 0 aliphatic carbocycles. The Labute approximate surface area is 192 Å². The van der Waals surface area contributed by atoms with Crippen LogP contribution in [-0.2, 0) is 0 Å². The fraction of sp³-hybridized carbons (Fsp3) is 0.0714. The summed E-state index contributed by atoms with van der Waals surface area (Å²) in [6.07, 6.45) is 0. The van der Waals surface area contributed by atoms with Gasteiger partial charge in [0.15, 0.2) is 0 Å². The molecule has 0 aliphatic heterocycles. The second-order valence-electron chi connectivity index (χ2n) is 7.22. The van der Waals surface area contributed by atoms with E-state index in [1.165, 1.54) is 40.1 Å². The fourth-order valence-electron chi connectivity index (χ4n) is 3.10. The van der Waals surface area contributed by atoms with Crippen LogP contribution in [0.5, 0.6) is 0 Å². The van der Waals surface area contributed by atoms with E-state index in [4.69, 9.17) is 0 Å². The summed E-state index contributed by atoms with van der Waals surface area (Å²) in [5, 5.41) is 0. The molecule has 0 bridgehead atoms. The van der Waals surface area contributed by atoms with Gasteiger partial charge in [-0.1, -0.05) is 0 Å². The van der Waals surface area contributed by atoms with Crippen molar-refractivity contribution in [3.63, 3.8) is 0 Å². The Balaban J connectivity index is 1.86. The summed E-state index contributed by atoms with van der Waals surface area (Å²) >= 11 is 0.458. The number of rotatable bonds is 6. The van der Waals surface area contributed by atoms with E-state index in [0.29, 0.717) is 0 Å². The van der Waals surface area contributed by atoms with E-state index < -0.39 is 0 Å². The predicted molar refractivity (Wildman–Crippen MR) is 133 cm³/mol. The van der Waals surface area contributed by atoms with E-state index in [1.807, 2.05) is 0 Å². The molecule has 0 N–H and O–H groups in total. The third-order valence-corrected chi connectivity index (χ3v) is 10.2. The van der Waals surface area contributed by atoms with Crippen LogP contribution in [0.15, 0.2) is 109 Å². The Morgan fingerprint density at radius 1 is 0.433 bits per heavy atom. The Hall–Kier alpha value is -2.34. The van der Waals surface area contributed by atoms with E-state index in [1.54, 1.807) is 0 Å². The molecule has 4 aromatic carbocycles. The number of aryl methyl sites for hydroxylation is 2. The third kappa shape index (κ3) is 5.42. The van der Waals surface area contributed by atoms with Gasteiger partial charge in [-0.25, -0.2) is 0 Å². The van der Waals surface area contributed by atoms with Crippen LogP contribution in [0.25, 0.3) is 8.94 Å². The van der Waals surface area contributed by atoms with Gasteiger partial charge in [-0.3, -0.25) is 0 Å². The van der Waals surface area contributed by atoms with Crippen molar-refractivity contribution >= 4 is 47.8 Å². The van der Waals surface area contributed by atoms with Gasteiger partial charge in [0, 0.05) is 0 Å². The summed E-state index contributed by atoms with van der Waals surface area (Å²) < 4.78 is 5.80. The van der Waals surface area contributed by atoms with E-state index in [0.717, 1.165) is 0 Å². The first-order chi connectivity index (χ1) is 14.7. The molecule has 0 heterocycles. The normalized spacial score (nSPS) is 11.8. The van der Waals surface area contributed by atoms with Crippen LogP contribution < -0.4 is 8.92 Å². The molecule has 148 valence electrons. The Morgan fingerprint density at radius 3 is 1.10 bits per heavy atom. The maximum atomic E-state index is 2.29. The fourth-order valence-corrected chi connectivity index (χ4v) is 8.09. The van der Waals surface area contributed by atoms with Gasteiger partial charge in [-0.2, -0.15) is 0 Å². The van der Waals surface area contributed by atoms with Gasteiger partial charge >= 0.3 is 193 Å². The van der Waals surface area contributed by atoms with Crippen LogP contribution in [0.4, 0.5) is 0 Å². The molecule has 2 heteroatoms. The molecule has 0 fully saturated rings. The summed E-state index contributed by atoms with van der Waals surface area (Å²) in [5.74, 6) is 0. The molecule has 0 aliphatic rings. The standard InChI is InChI=1S/C28H24Se2/c1-21-13-17-25(18-14-21)29-27(23-9-5-3-6-10-23)28(24-11-7-4-8-12-24)30-26-19-15-22(2)16-20-26/h3-20H,1-2H3/b28-27+. The monoisotopic (exact) mass is 520 g/mol. The topological polar surface area (TPSA) is 0 Å². The molecule has 4 rings (SSSR count). The van der Waals surface area contributed by atoms with Crippen molar-refractivity contribution in [2.45, 2.75) is 13.8 Å². The SMILES string of the molecule is Cc1ccc([Se]/C(=C(/[Se]c2ccc(C)cc2)c2ccccc2)c2ccccc2)cc1. The molecule has 30 heavy (non-hydrogen) atoms. The summed E-state index contributed by atoms with van der Waals surface area (Å²) in [4.78, 5) is 0. The van der Waals surface area contributed by atoms with Crippen molar-refractivity contribution in [2.75, 3.05) is 0 Å². The van der Waals surface area contributed by atoms with Crippen LogP contribution in [0.2, 0.25) is 0 Å². The van der Waals surface area contributed by atoms with E-state index >= 15 is 0 Å². The van der Waals surface area contributed by atoms with Crippen molar-refractivity contribution in [3.05, 3.63) is 131 Å². The van der Waals surface area contributed by atoms with Crippen molar-refractivity contribution in [1.29, 1.82) is 0 Å². The number of hydrogen-bond donors (Lipinski definition) is 0. The third-order valence-electron chi connectivity index (χ3n) is 4.76. The van der Waals surface area contributed by atoms with Crippen LogP contribution in [0, 0.1) is 13.8 Å². The average Bonchev–Trinajstić information content (AvgIpc) is 2.80. The van der Waals surface area contributed by atoms with Crippen molar-refractivity contribution < 1.29 is 0 Å². The minimum atomic E-state index is 0.229. The van der Waals surface area contributed by atoms with Crippen LogP contribution >= 0.6 is 0 Å². The zero-order valence-electron chi connectivity index (χ0n) is 17.2. The molecular formula is C28H24Se2. The van der Waals surface area contributed by atoms with Gasteiger partial charge in [0.25, 0.3) is 0 Å². The summed E-state index contributed by atoms with van der Waals surface area (Å²) in [7, 11) is 0. The first-order valence-corrected chi connectivity index (χ1v) is 13.5. The molecule has 0 atom stereocenters. The second-order valence-corrected chi connectivity index (χ2v) is 11.8. The first kappa shape index (κ1) is 20.9. The van der Waals surface area contributed by atoms with Crippen LogP contribution in [0.3, 0.4) is 0 Å². The van der Waals surface area contributed by atoms with Crippen molar-refractivity contribution in [3.8, 4) is 0 Å². The average molecular weight is 518 g/mol. The molecule has 0 nitrogen and oxygen atoms in total. The maximum absolute atomic E-state index is 2.29. The van der Waals surface area contributed by atoms with Crippen molar-refractivity contribution in [2.24, 2.45) is 0 Å². The Kier molecular flexibility index (Phi) is 7.05. The van der Waals surface area contributed by atoms with Gasteiger partial charge in [-0.05, 0) is 0 Å². The molecule has 0 saturated heterocycles. The van der Waals surface area contributed by atoms with Crippen molar-refractivity contribution in [1.82, 2.24) is 0 Å². The zero-order chi connectivity index (χ0) is 20.8.